The zero-order valence-corrected chi connectivity index (χ0v) is 11.2. The highest BCUT2D eigenvalue weighted by Gasteiger charge is 2.06. The third kappa shape index (κ3) is 2.59. The van der Waals surface area contributed by atoms with Crippen molar-refractivity contribution in [2.24, 2.45) is 0 Å². The van der Waals surface area contributed by atoms with E-state index in [4.69, 9.17) is 11.6 Å². The normalized spacial score (nSPS) is 10.9. The molecule has 3 nitrogen and oxygen atoms in total. The number of nitrogens with zero attached hydrogens (tertiary/aromatic N) is 3. The van der Waals surface area contributed by atoms with E-state index in [1.807, 2.05) is 11.5 Å². The second kappa shape index (κ2) is 4.63. The summed E-state index contributed by atoms with van der Waals surface area (Å²) in [6.45, 7) is 2.73. The molecule has 0 aliphatic carbocycles. The van der Waals surface area contributed by atoms with Crippen LogP contribution in [0.4, 0.5) is 0 Å². The van der Waals surface area contributed by atoms with Crippen LogP contribution >= 0.6 is 38.9 Å². The third-order valence-electron chi connectivity index (χ3n) is 2.10. The molecule has 0 aliphatic heterocycles. The summed E-state index contributed by atoms with van der Waals surface area (Å²) < 4.78 is 3.07. The van der Waals surface area contributed by atoms with Gasteiger partial charge in [0.15, 0.2) is 0 Å². The van der Waals surface area contributed by atoms with E-state index in [0.717, 1.165) is 22.6 Å². The van der Waals surface area contributed by atoms with Gasteiger partial charge in [0.2, 0.25) is 5.28 Å². The van der Waals surface area contributed by atoms with Gasteiger partial charge in [-0.1, -0.05) is 0 Å². The molecule has 0 saturated heterocycles. The van der Waals surface area contributed by atoms with Gasteiger partial charge >= 0.3 is 0 Å². The maximum Gasteiger partial charge on any atom is 0.225 e. The summed E-state index contributed by atoms with van der Waals surface area (Å²) in [5.41, 5.74) is 0. The number of aromatic nitrogens is 3. The molecule has 0 unspecified atom stereocenters. The van der Waals surface area contributed by atoms with Gasteiger partial charge < -0.3 is 4.57 Å². The SMILES string of the molecule is Cc1nnc(Cl)n1CCc1ccc(Br)s1. The highest BCUT2D eigenvalue weighted by Crippen LogP contribution is 2.23. The molecule has 0 N–H and O–H groups in total. The van der Waals surface area contributed by atoms with E-state index in [1.54, 1.807) is 11.3 Å². The van der Waals surface area contributed by atoms with Crippen LogP contribution < -0.4 is 0 Å². The zero-order valence-electron chi connectivity index (χ0n) is 8.07. The summed E-state index contributed by atoms with van der Waals surface area (Å²) in [5, 5.41) is 8.18. The van der Waals surface area contributed by atoms with Crippen molar-refractivity contribution in [2.45, 2.75) is 19.9 Å². The molecule has 2 heterocycles. The second-order valence-electron chi connectivity index (χ2n) is 3.12. The van der Waals surface area contributed by atoms with E-state index in [9.17, 15) is 0 Å². The largest absolute Gasteiger partial charge is 0.302 e. The average molecular weight is 307 g/mol. The van der Waals surface area contributed by atoms with Gasteiger partial charge in [-0.3, -0.25) is 0 Å². The minimum atomic E-state index is 0.461. The Balaban J connectivity index is 2.05. The quantitative estimate of drug-likeness (QED) is 0.871. The van der Waals surface area contributed by atoms with Crippen LogP contribution in [0.3, 0.4) is 0 Å². The molecule has 0 spiro atoms. The fourth-order valence-corrected chi connectivity index (χ4v) is 3.03. The molecule has 6 heteroatoms. The van der Waals surface area contributed by atoms with Crippen LogP contribution in [0.25, 0.3) is 0 Å². The highest BCUT2D eigenvalue weighted by molar-refractivity contribution is 9.11. The summed E-state index contributed by atoms with van der Waals surface area (Å²) >= 11 is 11.1. The standard InChI is InChI=1S/C9H9BrClN3S/c1-6-12-13-9(11)14(6)5-4-7-2-3-8(10)15-7/h2-3H,4-5H2,1H3. The third-order valence-corrected chi connectivity index (χ3v) is 4.06. The number of thiophene rings is 1. The minimum absolute atomic E-state index is 0.461. The van der Waals surface area contributed by atoms with Crippen LogP contribution in [0.5, 0.6) is 0 Å². The maximum absolute atomic E-state index is 5.90. The molecule has 0 fully saturated rings. The predicted octanol–water partition coefficient (Wildman–Crippen LogP) is 3.31. The van der Waals surface area contributed by atoms with Crippen molar-refractivity contribution in [3.8, 4) is 0 Å². The Bertz CT molecular complexity index is 446. The first-order valence-corrected chi connectivity index (χ1v) is 6.45. The lowest BCUT2D eigenvalue weighted by Gasteiger charge is -2.02. The fourth-order valence-electron chi connectivity index (χ4n) is 1.32. The first-order chi connectivity index (χ1) is 7.16. The topological polar surface area (TPSA) is 30.7 Å². The summed E-state index contributed by atoms with van der Waals surface area (Å²) in [6.07, 6.45) is 0.953. The molecule has 0 aliphatic rings. The summed E-state index contributed by atoms with van der Waals surface area (Å²) in [7, 11) is 0. The molecule has 0 radical (unpaired) electrons. The van der Waals surface area contributed by atoms with E-state index in [0.29, 0.717) is 5.28 Å². The molecule has 0 bridgehead atoms. The van der Waals surface area contributed by atoms with Crippen molar-refractivity contribution in [2.75, 3.05) is 0 Å². The molecule has 0 aromatic carbocycles. The lowest BCUT2D eigenvalue weighted by Crippen LogP contribution is -2.02. The van der Waals surface area contributed by atoms with Gasteiger partial charge in [-0.05, 0) is 53.0 Å². The molecule has 2 aromatic heterocycles. The molecule has 15 heavy (non-hydrogen) atoms. The average Bonchev–Trinajstić information content (AvgIpc) is 2.73. The number of hydrogen-bond acceptors (Lipinski definition) is 3. The Hall–Kier alpha value is -0.390. The Labute approximate surface area is 105 Å². The van der Waals surface area contributed by atoms with Crippen molar-refractivity contribution >= 4 is 38.9 Å². The highest BCUT2D eigenvalue weighted by atomic mass is 79.9. The molecule has 2 aromatic rings. The van der Waals surface area contributed by atoms with E-state index in [2.05, 4.69) is 38.3 Å². The van der Waals surface area contributed by atoms with Crippen molar-refractivity contribution < 1.29 is 0 Å². The smallest absolute Gasteiger partial charge is 0.225 e. The van der Waals surface area contributed by atoms with Crippen LogP contribution in [0.15, 0.2) is 15.9 Å². The zero-order chi connectivity index (χ0) is 10.8. The van der Waals surface area contributed by atoms with Crippen LogP contribution in [0.2, 0.25) is 5.28 Å². The summed E-state index contributed by atoms with van der Waals surface area (Å²) in [6, 6.07) is 4.17. The van der Waals surface area contributed by atoms with Gasteiger partial charge in [-0.25, -0.2) is 0 Å². The molecule has 0 amide bonds. The lowest BCUT2D eigenvalue weighted by atomic mass is 10.3. The van der Waals surface area contributed by atoms with E-state index in [1.165, 1.54) is 4.88 Å². The summed E-state index contributed by atoms with van der Waals surface area (Å²) in [4.78, 5) is 1.33. The van der Waals surface area contributed by atoms with Crippen LogP contribution in [-0.4, -0.2) is 14.8 Å². The van der Waals surface area contributed by atoms with Gasteiger partial charge in [-0.2, -0.15) is 0 Å². The second-order valence-corrected chi connectivity index (χ2v) is 6.01. The number of aryl methyl sites for hydroxylation is 2. The molecule has 0 atom stereocenters. The number of hydrogen-bond donors (Lipinski definition) is 0. The van der Waals surface area contributed by atoms with E-state index < -0.39 is 0 Å². The Kier molecular flexibility index (Phi) is 3.43. The molecule has 80 valence electrons. The van der Waals surface area contributed by atoms with Gasteiger partial charge in [0.05, 0.1) is 3.79 Å². The number of halogens is 2. The number of rotatable bonds is 3. The van der Waals surface area contributed by atoms with Crippen LogP contribution in [0, 0.1) is 6.92 Å². The Morgan fingerprint density at radius 3 is 2.80 bits per heavy atom. The monoisotopic (exact) mass is 305 g/mol. The Morgan fingerprint density at radius 2 is 2.27 bits per heavy atom. The van der Waals surface area contributed by atoms with E-state index >= 15 is 0 Å². The lowest BCUT2D eigenvalue weighted by molar-refractivity contribution is 0.678. The summed E-state index contributed by atoms with van der Waals surface area (Å²) in [5.74, 6) is 0.857. The molecular formula is C9H9BrClN3S. The van der Waals surface area contributed by atoms with Crippen molar-refractivity contribution in [3.63, 3.8) is 0 Å². The molecular weight excluding hydrogens is 298 g/mol. The van der Waals surface area contributed by atoms with Gasteiger partial charge in [0.25, 0.3) is 0 Å². The van der Waals surface area contributed by atoms with E-state index in [-0.39, 0.29) is 0 Å². The van der Waals surface area contributed by atoms with Gasteiger partial charge in [0, 0.05) is 11.4 Å². The van der Waals surface area contributed by atoms with Crippen molar-refractivity contribution in [1.29, 1.82) is 0 Å². The Morgan fingerprint density at radius 1 is 1.47 bits per heavy atom. The van der Waals surface area contributed by atoms with Crippen LogP contribution in [-0.2, 0) is 13.0 Å². The van der Waals surface area contributed by atoms with Crippen LogP contribution in [0.1, 0.15) is 10.7 Å². The fraction of sp³-hybridized carbons (Fsp3) is 0.333. The predicted molar refractivity (Wildman–Crippen MR) is 65.5 cm³/mol. The van der Waals surface area contributed by atoms with Gasteiger partial charge in [-0.15, -0.1) is 21.5 Å². The maximum atomic E-state index is 5.90. The van der Waals surface area contributed by atoms with Crippen molar-refractivity contribution in [3.05, 3.63) is 31.9 Å². The minimum Gasteiger partial charge on any atom is -0.302 e. The molecule has 2 rings (SSSR count). The van der Waals surface area contributed by atoms with Crippen molar-refractivity contribution in [1.82, 2.24) is 14.8 Å². The molecule has 0 saturated carbocycles. The van der Waals surface area contributed by atoms with Gasteiger partial charge in [0.1, 0.15) is 5.82 Å². The first-order valence-electron chi connectivity index (χ1n) is 4.46. The first kappa shape index (κ1) is 11.1.